The summed E-state index contributed by atoms with van der Waals surface area (Å²) in [6.07, 6.45) is 0.778. The van der Waals surface area contributed by atoms with Crippen molar-refractivity contribution in [3.05, 3.63) is 95.1 Å². The van der Waals surface area contributed by atoms with Crippen LogP contribution in [-0.2, 0) is 9.59 Å². The molecule has 0 saturated carbocycles. The van der Waals surface area contributed by atoms with E-state index in [1.807, 2.05) is 55.7 Å². The summed E-state index contributed by atoms with van der Waals surface area (Å²) in [5.41, 5.74) is 7.34. The lowest BCUT2D eigenvalue weighted by atomic mass is 9.88. The van der Waals surface area contributed by atoms with Gasteiger partial charge in [0.15, 0.2) is 0 Å². The fourth-order valence-corrected chi connectivity index (χ4v) is 7.68. The zero-order chi connectivity index (χ0) is 33.1. The van der Waals surface area contributed by atoms with Crippen LogP contribution in [0.25, 0.3) is 38.6 Å². The molecule has 0 aliphatic carbocycles. The Balaban J connectivity index is 1.60. The molecule has 4 aromatic carbocycles. The molecule has 5 aromatic rings. The molecule has 0 spiro atoms. The molecule has 3 heterocycles. The van der Waals surface area contributed by atoms with Gasteiger partial charge in [-0.25, -0.2) is 8.78 Å². The highest BCUT2D eigenvalue weighted by Gasteiger charge is 2.34. The Kier molecular flexibility index (Phi) is 7.57. The SMILES string of the molecule is Cc1cc(C)c(-c2c3cc(F)c(N4CC[C@H](C(=O)[O-])C4)cc3[n+](-c3ccccc3)c3cc(N4CC[C@H](C(=O)O)C4)c(F)cc23)c(C)c1. The molecular formula is C38H35F2N3O4. The second-order valence-electron chi connectivity index (χ2n) is 13.0. The quantitative estimate of drug-likeness (QED) is 0.192. The molecule has 1 N–H and O–H groups in total. The van der Waals surface area contributed by atoms with Gasteiger partial charge >= 0.3 is 5.97 Å². The molecule has 7 nitrogen and oxygen atoms in total. The first-order valence-electron chi connectivity index (χ1n) is 15.9. The van der Waals surface area contributed by atoms with Gasteiger partial charge in [0.05, 0.1) is 28.1 Å². The molecule has 0 amide bonds. The lowest BCUT2D eigenvalue weighted by Gasteiger charge is -2.23. The molecule has 2 aliphatic rings. The van der Waals surface area contributed by atoms with Gasteiger partial charge in [-0.3, -0.25) is 4.79 Å². The monoisotopic (exact) mass is 635 g/mol. The highest BCUT2D eigenvalue weighted by molar-refractivity contribution is 6.10. The predicted octanol–water partition coefficient (Wildman–Crippen LogP) is 5.63. The lowest BCUT2D eigenvalue weighted by Crippen LogP contribution is -2.35. The smallest absolute Gasteiger partial charge is 0.308 e. The van der Waals surface area contributed by atoms with Crippen molar-refractivity contribution in [1.29, 1.82) is 0 Å². The van der Waals surface area contributed by atoms with Crippen molar-refractivity contribution in [1.82, 2.24) is 0 Å². The number of carbonyl (C=O) groups excluding carboxylic acids is 1. The van der Waals surface area contributed by atoms with Crippen LogP contribution in [-0.4, -0.2) is 43.2 Å². The van der Waals surface area contributed by atoms with Gasteiger partial charge in [0.1, 0.15) is 11.6 Å². The van der Waals surface area contributed by atoms with Gasteiger partial charge < -0.3 is 24.8 Å². The summed E-state index contributed by atoms with van der Waals surface area (Å²) in [7, 11) is 0. The van der Waals surface area contributed by atoms with Crippen LogP contribution >= 0.6 is 0 Å². The Morgan fingerprint density at radius 3 is 1.74 bits per heavy atom. The van der Waals surface area contributed by atoms with Gasteiger partial charge in [-0.1, -0.05) is 35.9 Å². The van der Waals surface area contributed by atoms with Crippen molar-refractivity contribution in [2.24, 2.45) is 11.8 Å². The number of hydrogen-bond acceptors (Lipinski definition) is 5. The number of halogens is 2. The average molecular weight is 636 g/mol. The predicted molar refractivity (Wildman–Crippen MR) is 176 cm³/mol. The summed E-state index contributed by atoms with van der Waals surface area (Å²) in [5, 5.41) is 22.5. The van der Waals surface area contributed by atoms with E-state index in [4.69, 9.17) is 0 Å². The maximum atomic E-state index is 16.3. The number of benzene rings is 4. The zero-order valence-corrected chi connectivity index (χ0v) is 26.5. The lowest BCUT2D eigenvalue weighted by molar-refractivity contribution is -0.537. The highest BCUT2D eigenvalue weighted by Crippen LogP contribution is 2.43. The second kappa shape index (κ2) is 11.6. The zero-order valence-electron chi connectivity index (χ0n) is 26.5. The van der Waals surface area contributed by atoms with Crippen LogP contribution < -0.4 is 19.5 Å². The first-order valence-corrected chi connectivity index (χ1v) is 15.9. The van der Waals surface area contributed by atoms with Crippen LogP contribution in [0.1, 0.15) is 29.5 Å². The largest absolute Gasteiger partial charge is 0.550 e. The van der Waals surface area contributed by atoms with Gasteiger partial charge in [0.25, 0.3) is 0 Å². The summed E-state index contributed by atoms with van der Waals surface area (Å²) in [5.74, 6) is -4.30. The molecule has 2 aliphatic heterocycles. The number of carboxylic acids is 2. The van der Waals surface area contributed by atoms with Gasteiger partial charge in [-0.2, -0.15) is 4.57 Å². The van der Waals surface area contributed by atoms with Gasteiger partial charge in [0.2, 0.25) is 16.7 Å². The maximum absolute atomic E-state index is 16.3. The molecule has 1 aromatic heterocycles. The van der Waals surface area contributed by atoms with Crippen molar-refractivity contribution in [2.75, 3.05) is 36.0 Å². The number of fused-ring (bicyclic) bond motifs is 2. The molecule has 0 unspecified atom stereocenters. The minimum atomic E-state index is -1.15. The minimum Gasteiger partial charge on any atom is -0.550 e. The van der Waals surface area contributed by atoms with E-state index in [0.717, 1.165) is 27.9 Å². The molecule has 240 valence electrons. The number of para-hydroxylation sites is 1. The van der Waals surface area contributed by atoms with Crippen LogP contribution in [0.3, 0.4) is 0 Å². The van der Waals surface area contributed by atoms with Crippen LogP contribution in [0.5, 0.6) is 0 Å². The topological polar surface area (TPSA) is 87.8 Å². The van der Waals surface area contributed by atoms with E-state index in [1.54, 1.807) is 21.9 Å². The molecule has 2 fully saturated rings. The van der Waals surface area contributed by atoms with Gasteiger partial charge in [-0.05, 0) is 62.4 Å². The van der Waals surface area contributed by atoms with E-state index in [0.29, 0.717) is 64.7 Å². The summed E-state index contributed by atoms with van der Waals surface area (Å²) < 4.78 is 34.6. The van der Waals surface area contributed by atoms with E-state index in [9.17, 15) is 19.8 Å². The van der Waals surface area contributed by atoms with E-state index >= 15 is 8.78 Å². The third kappa shape index (κ3) is 5.23. The van der Waals surface area contributed by atoms with Crippen LogP contribution in [0.15, 0.2) is 66.7 Å². The van der Waals surface area contributed by atoms with Crippen molar-refractivity contribution in [2.45, 2.75) is 33.6 Å². The number of nitrogens with zero attached hydrogens (tertiary/aromatic N) is 3. The Morgan fingerprint density at radius 2 is 1.28 bits per heavy atom. The van der Waals surface area contributed by atoms with E-state index in [2.05, 4.69) is 12.1 Å². The molecule has 2 saturated heterocycles. The number of hydrogen-bond donors (Lipinski definition) is 1. The number of anilines is 2. The third-order valence-corrected chi connectivity index (χ3v) is 9.83. The van der Waals surface area contributed by atoms with Crippen LogP contribution in [0, 0.1) is 44.2 Å². The summed E-state index contributed by atoms with van der Waals surface area (Å²) >= 11 is 0. The number of carboxylic acid groups (broad SMARTS) is 2. The van der Waals surface area contributed by atoms with Crippen molar-refractivity contribution in [3.63, 3.8) is 0 Å². The summed E-state index contributed by atoms with van der Waals surface area (Å²) in [4.78, 5) is 27.0. The van der Waals surface area contributed by atoms with Gasteiger partial charge in [0, 0.05) is 67.9 Å². The number of aliphatic carboxylic acids is 2. The van der Waals surface area contributed by atoms with E-state index < -0.39 is 35.4 Å². The third-order valence-electron chi connectivity index (χ3n) is 9.83. The molecule has 2 atom stereocenters. The Bertz CT molecular complexity index is 1980. The molecule has 0 radical (unpaired) electrons. The number of carbonyl (C=O) groups is 2. The Labute approximate surface area is 271 Å². The maximum Gasteiger partial charge on any atom is 0.308 e. The molecule has 47 heavy (non-hydrogen) atoms. The fourth-order valence-electron chi connectivity index (χ4n) is 7.68. The number of rotatable bonds is 6. The Morgan fingerprint density at radius 1 is 0.766 bits per heavy atom. The Hall–Kier alpha value is -5.05. The van der Waals surface area contributed by atoms with Crippen molar-refractivity contribution in [3.8, 4) is 16.8 Å². The first kappa shape index (κ1) is 30.6. The first-order chi connectivity index (χ1) is 22.5. The van der Waals surface area contributed by atoms with Crippen LogP contribution in [0.2, 0.25) is 0 Å². The van der Waals surface area contributed by atoms with E-state index in [-0.39, 0.29) is 13.1 Å². The molecular weight excluding hydrogens is 600 g/mol. The molecule has 0 bridgehead atoms. The number of aromatic nitrogens is 1. The normalized spacial score (nSPS) is 18.1. The van der Waals surface area contributed by atoms with E-state index in [1.165, 1.54) is 12.1 Å². The number of pyridine rings is 1. The molecule has 7 rings (SSSR count). The van der Waals surface area contributed by atoms with Crippen LogP contribution in [0.4, 0.5) is 20.2 Å². The molecule has 9 heteroatoms. The standard InChI is InChI=1S/C38H35F2N3O4/c1-21-13-22(2)35(23(3)14-21)36-27-15-29(39)33(41-11-9-24(19-41)37(44)45)17-31(27)43(26-7-5-4-6-8-26)32-18-34(30(40)16-28(32)36)42-12-10-25(20-42)38(46)47/h4-8,13-18,24-25H,9-12,19-20H2,1-3H3,(H-,44,45,46,47)/t24-,25-/m0/s1. The van der Waals surface area contributed by atoms with Gasteiger partial charge in [-0.15, -0.1) is 0 Å². The average Bonchev–Trinajstić information content (AvgIpc) is 3.72. The van der Waals surface area contributed by atoms with Crippen molar-refractivity contribution < 1.29 is 33.2 Å². The minimum absolute atomic E-state index is 0.141. The second-order valence-corrected chi connectivity index (χ2v) is 13.0. The van der Waals surface area contributed by atoms with Crippen molar-refractivity contribution >= 4 is 45.1 Å². The highest BCUT2D eigenvalue weighted by atomic mass is 19.1. The summed E-state index contributed by atoms with van der Waals surface area (Å²) in [6, 6.07) is 20.3. The summed E-state index contributed by atoms with van der Waals surface area (Å²) in [6.45, 7) is 7.14. The number of aryl methyl sites for hydroxylation is 3. The fraction of sp³-hybridized carbons (Fsp3) is 0.289.